The predicted octanol–water partition coefficient (Wildman–Crippen LogP) is 0.933. The van der Waals surface area contributed by atoms with Crippen LogP contribution in [0.1, 0.15) is 37.8 Å². The van der Waals surface area contributed by atoms with E-state index in [-0.39, 0.29) is 17.9 Å². The Balaban J connectivity index is 1.85. The molecular weight excluding hydrogens is 216 g/mol. The summed E-state index contributed by atoms with van der Waals surface area (Å²) < 4.78 is 0. The van der Waals surface area contributed by atoms with Gasteiger partial charge in [0.2, 0.25) is 5.91 Å². The Morgan fingerprint density at radius 1 is 1.47 bits per heavy atom. The Labute approximate surface area is 101 Å². The van der Waals surface area contributed by atoms with Gasteiger partial charge in [0, 0.05) is 12.2 Å². The first-order valence-electron chi connectivity index (χ1n) is 6.28. The van der Waals surface area contributed by atoms with Gasteiger partial charge < -0.3 is 16.0 Å². The zero-order valence-electron chi connectivity index (χ0n) is 9.98. The molecule has 1 aromatic heterocycles. The van der Waals surface area contributed by atoms with Gasteiger partial charge in [-0.05, 0) is 12.8 Å². The van der Waals surface area contributed by atoms with E-state index in [4.69, 9.17) is 5.73 Å². The van der Waals surface area contributed by atoms with Gasteiger partial charge in [-0.15, -0.1) is 0 Å². The van der Waals surface area contributed by atoms with Crippen LogP contribution in [0.5, 0.6) is 0 Å². The molecule has 2 unspecified atom stereocenters. The number of nitrogens with one attached hydrogen (secondary N) is 2. The van der Waals surface area contributed by atoms with Gasteiger partial charge >= 0.3 is 0 Å². The van der Waals surface area contributed by atoms with Crippen molar-refractivity contribution >= 4 is 5.91 Å². The first-order valence-corrected chi connectivity index (χ1v) is 6.28. The second kappa shape index (κ2) is 5.82. The van der Waals surface area contributed by atoms with Gasteiger partial charge in [0.15, 0.2) is 0 Å². The molecule has 0 radical (unpaired) electrons. The highest BCUT2D eigenvalue weighted by molar-refractivity contribution is 5.79. The van der Waals surface area contributed by atoms with Gasteiger partial charge in [-0.1, -0.05) is 19.3 Å². The molecule has 2 rings (SSSR count). The van der Waals surface area contributed by atoms with E-state index in [2.05, 4.69) is 15.3 Å². The van der Waals surface area contributed by atoms with Crippen LogP contribution in [0, 0.1) is 5.92 Å². The Hall–Kier alpha value is -1.36. The fourth-order valence-electron chi connectivity index (χ4n) is 2.36. The average molecular weight is 236 g/mol. The van der Waals surface area contributed by atoms with Crippen molar-refractivity contribution in [2.45, 2.75) is 44.7 Å². The third kappa shape index (κ3) is 3.30. The smallest absolute Gasteiger partial charge is 0.224 e. The zero-order valence-corrected chi connectivity index (χ0v) is 9.98. The predicted molar refractivity (Wildman–Crippen MR) is 65.0 cm³/mol. The van der Waals surface area contributed by atoms with Gasteiger partial charge in [-0.3, -0.25) is 4.79 Å². The van der Waals surface area contributed by atoms with Gasteiger partial charge in [0.05, 0.1) is 24.5 Å². The Bertz CT molecular complexity index is 349. The van der Waals surface area contributed by atoms with E-state index in [9.17, 15) is 4.79 Å². The minimum atomic E-state index is -0.0274. The fraction of sp³-hybridized carbons (Fsp3) is 0.667. The number of imidazole rings is 1. The Kier molecular flexibility index (Phi) is 4.14. The molecule has 0 spiro atoms. The minimum absolute atomic E-state index is 0.0132. The summed E-state index contributed by atoms with van der Waals surface area (Å²) in [5, 5.41) is 2.92. The number of aromatic amines is 1. The highest BCUT2D eigenvalue weighted by Crippen LogP contribution is 2.22. The number of amides is 1. The lowest BCUT2D eigenvalue weighted by molar-refractivity contribution is -0.126. The maximum atomic E-state index is 12.0. The molecule has 0 aliphatic heterocycles. The molecule has 5 nitrogen and oxygen atoms in total. The maximum Gasteiger partial charge on any atom is 0.224 e. The van der Waals surface area contributed by atoms with Gasteiger partial charge in [0.25, 0.3) is 0 Å². The minimum Gasteiger partial charge on any atom is -0.350 e. The van der Waals surface area contributed by atoms with E-state index in [0.29, 0.717) is 6.54 Å². The molecule has 0 aromatic carbocycles. The summed E-state index contributed by atoms with van der Waals surface area (Å²) in [5.74, 6) is 0.0504. The maximum absolute atomic E-state index is 12.0. The molecule has 1 aromatic rings. The van der Waals surface area contributed by atoms with Crippen LogP contribution in [0.3, 0.4) is 0 Å². The molecule has 17 heavy (non-hydrogen) atoms. The number of hydrogen-bond donors (Lipinski definition) is 3. The van der Waals surface area contributed by atoms with Crippen molar-refractivity contribution < 1.29 is 4.79 Å². The number of aromatic nitrogens is 2. The molecule has 94 valence electrons. The lowest BCUT2D eigenvalue weighted by atomic mass is 9.94. The van der Waals surface area contributed by atoms with Crippen LogP contribution >= 0.6 is 0 Å². The molecule has 0 bridgehead atoms. The molecule has 5 heteroatoms. The van der Waals surface area contributed by atoms with E-state index in [0.717, 1.165) is 31.4 Å². The summed E-state index contributed by atoms with van der Waals surface area (Å²) in [4.78, 5) is 18.9. The van der Waals surface area contributed by atoms with E-state index < -0.39 is 0 Å². The summed E-state index contributed by atoms with van der Waals surface area (Å²) >= 11 is 0. The summed E-state index contributed by atoms with van der Waals surface area (Å²) in [5.41, 5.74) is 6.97. The normalized spacial score (nSPS) is 25.2. The fourth-order valence-corrected chi connectivity index (χ4v) is 2.36. The summed E-state index contributed by atoms with van der Waals surface area (Å²) in [6, 6.07) is 0.0132. The van der Waals surface area contributed by atoms with Crippen molar-refractivity contribution in [3.8, 4) is 0 Å². The molecule has 1 amide bonds. The number of H-pyrrole nitrogens is 1. The van der Waals surface area contributed by atoms with Crippen molar-refractivity contribution in [1.29, 1.82) is 0 Å². The van der Waals surface area contributed by atoms with Crippen LogP contribution in [0.4, 0.5) is 0 Å². The lowest BCUT2D eigenvalue weighted by Gasteiger charge is -2.20. The third-order valence-corrected chi connectivity index (χ3v) is 3.41. The molecule has 1 fully saturated rings. The van der Waals surface area contributed by atoms with Crippen LogP contribution < -0.4 is 11.1 Å². The van der Waals surface area contributed by atoms with Gasteiger partial charge in [-0.2, -0.15) is 0 Å². The quantitative estimate of drug-likeness (QED) is 0.683. The van der Waals surface area contributed by atoms with Crippen molar-refractivity contribution in [2.24, 2.45) is 11.7 Å². The van der Waals surface area contributed by atoms with Crippen LogP contribution in [0.2, 0.25) is 0 Å². The van der Waals surface area contributed by atoms with Crippen LogP contribution in [-0.4, -0.2) is 21.9 Å². The number of nitrogens with two attached hydrogens (primary N) is 1. The van der Waals surface area contributed by atoms with E-state index in [1.165, 1.54) is 6.42 Å². The summed E-state index contributed by atoms with van der Waals surface area (Å²) in [7, 11) is 0. The second-order valence-electron chi connectivity index (χ2n) is 4.70. The summed E-state index contributed by atoms with van der Waals surface area (Å²) in [6.45, 7) is 0.502. The highest BCUT2D eigenvalue weighted by atomic mass is 16.1. The highest BCUT2D eigenvalue weighted by Gasteiger charge is 2.26. The van der Waals surface area contributed by atoms with E-state index in [1.807, 2.05) is 0 Å². The van der Waals surface area contributed by atoms with Crippen LogP contribution in [0.15, 0.2) is 12.5 Å². The molecule has 2 atom stereocenters. The first-order chi connectivity index (χ1) is 8.27. The number of carbonyl (C=O) groups is 1. The third-order valence-electron chi connectivity index (χ3n) is 3.41. The standard InChI is InChI=1S/C12H20N4O/c13-11-5-3-1-2-4-10(11)12(17)15-7-9-6-14-8-16-9/h6,8,10-11H,1-5,7,13H2,(H,14,16)(H,15,17). The monoisotopic (exact) mass is 236 g/mol. The first kappa shape index (κ1) is 12.1. The van der Waals surface area contributed by atoms with E-state index in [1.54, 1.807) is 12.5 Å². The van der Waals surface area contributed by atoms with Gasteiger partial charge in [-0.25, -0.2) is 4.98 Å². The molecular formula is C12H20N4O. The van der Waals surface area contributed by atoms with Gasteiger partial charge in [0.1, 0.15) is 0 Å². The van der Waals surface area contributed by atoms with Crippen LogP contribution in [-0.2, 0) is 11.3 Å². The SMILES string of the molecule is NC1CCCCCC1C(=O)NCc1cnc[nH]1. The van der Waals surface area contributed by atoms with Crippen molar-refractivity contribution in [1.82, 2.24) is 15.3 Å². The topological polar surface area (TPSA) is 83.8 Å². The Morgan fingerprint density at radius 2 is 2.29 bits per heavy atom. The molecule has 4 N–H and O–H groups in total. The molecule has 1 saturated carbocycles. The number of nitrogens with zero attached hydrogens (tertiary/aromatic N) is 1. The van der Waals surface area contributed by atoms with Crippen molar-refractivity contribution in [2.75, 3.05) is 0 Å². The second-order valence-corrected chi connectivity index (χ2v) is 4.70. The molecule has 1 aliphatic rings. The van der Waals surface area contributed by atoms with Crippen molar-refractivity contribution in [3.05, 3.63) is 18.2 Å². The van der Waals surface area contributed by atoms with E-state index >= 15 is 0 Å². The molecule has 0 saturated heterocycles. The van der Waals surface area contributed by atoms with Crippen LogP contribution in [0.25, 0.3) is 0 Å². The number of carbonyl (C=O) groups excluding carboxylic acids is 1. The molecule has 1 heterocycles. The lowest BCUT2D eigenvalue weighted by Crippen LogP contribution is -2.41. The number of hydrogen-bond acceptors (Lipinski definition) is 3. The summed E-state index contributed by atoms with van der Waals surface area (Å²) in [6.07, 6.45) is 8.64. The largest absolute Gasteiger partial charge is 0.350 e. The number of rotatable bonds is 3. The molecule has 1 aliphatic carbocycles. The zero-order chi connectivity index (χ0) is 12.1. The van der Waals surface area contributed by atoms with Crippen molar-refractivity contribution in [3.63, 3.8) is 0 Å². The average Bonchev–Trinajstić information content (AvgIpc) is 2.75. The Morgan fingerprint density at radius 3 is 3.06 bits per heavy atom.